The van der Waals surface area contributed by atoms with Crippen LogP contribution in [0.3, 0.4) is 0 Å². The van der Waals surface area contributed by atoms with Crippen LogP contribution in [0.2, 0.25) is 0 Å². The van der Waals surface area contributed by atoms with Gasteiger partial charge in [0.05, 0.1) is 5.69 Å². The number of piperazine rings is 1. The normalized spacial score (nSPS) is 16.1. The molecule has 0 aliphatic carbocycles. The van der Waals surface area contributed by atoms with Crippen molar-refractivity contribution < 1.29 is 0 Å². The van der Waals surface area contributed by atoms with Crippen molar-refractivity contribution in [2.24, 2.45) is 0 Å². The van der Waals surface area contributed by atoms with Crippen molar-refractivity contribution in [3.63, 3.8) is 0 Å². The molecular formula is C17H20N6. The quantitative estimate of drug-likeness (QED) is 0.738. The van der Waals surface area contributed by atoms with Gasteiger partial charge in [0, 0.05) is 63.2 Å². The van der Waals surface area contributed by atoms with Crippen LogP contribution in [0.1, 0.15) is 11.4 Å². The third-order valence-corrected chi connectivity index (χ3v) is 4.30. The van der Waals surface area contributed by atoms with E-state index in [9.17, 15) is 0 Å². The summed E-state index contributed by atoms with van der Waals surface area (Å²) in [5.41, 5.74) is 3.16. The van der Waals surface area contributed by atoms with Crippen molar-refractivity contribution >= 4 is 11.5 Å². The van der Waals surface area contributed by atoms with Crippen LogP contribution in [0, 0.1) is 6.92 Å². The third kappa shape index (κ3) is 2.90. The molecule has 0 radical (unpaired) electrons. The summed E-state index contributed by atoms with van der Waals surface area (Å²) < 4.78 is 2.02. The Hall–Kier alpha value is -2.47. The summed E-state index contributed by atoms with van der Waals surface area (Å²) in [6.07, 6.45) is 7.55. The van der Waals surface area contributed by atoms with E-state index in [0.29, 0.717) is 0 Å². The molecule has 4 heterocycles. The second-order valence-electron chi connectivity index (χ2n) is 5.94. The Morgan fingerprint density at radius 3 is 2.57 bits per heavy atom. The van der Waals surface area contributed by atoms with Gasteiger partial charge in [0.25, 0.3) is 0 Å². The summed E-state index contributed by atoms with van der Waals surface area (Å²) in [6, 6.07) is 6.22. The fraction of sp³-hybridized carbons (Fsp3) is 0.353. The first-order valence-electron chi connectivity index (χ1n) is 7.97. The lowest BCUT2D eigenvalue weighted by Crippen LogP contribution is -2.46. The highest BCUT2D eigenvalue weighted by Crippen LogP contribution is 2.19. The number of nitrogens with zero attached hydrogens (tertiary/aromatic N) is 6. The predicted octanol–water partition coefficient (Wildman–Crippen LogP) is 1.75. The number of imidazole rings is 1. The van der Waals surface area contributed by atoms with Gasteiger partial charge in [-0.3, -0.25) is 9.88 Å². The van der Waals surface area contributed by atoms with Crippen LogP contribution in [0.4, 0.5) is 5.82 Å². The molecule has 3 aromatic heterocycles. The molecule has 23 heavy (non-hydrogen) atoms. The van der Waals surface area contributed by atoms with Crippen LogP contribution in [-0.2, 0) is 6.54 Å². The highest BCUT2D eigenvalue weighted by atomic mass is 15.3. The van der Waals surface area contributed by atoms with Crippen molar-refractivity contribution in [3.8, 4) is 0 Å². The van der Waals surface area contributed by atoms with Crippen molar-refractivity contribution in [2.45, 2.75) is 13.5 Å². The Morgan fingerprint density at radius 2 is 1.78 bits per heavy atom. The zero-order valence-electron chi connectivity index (χ0n) is 13.3. The maximum atomic E-state index is 4.60. The molecule has 4 rings (SSSR count). The summed E-state index contributed by atoms with van der Waals surface area (Å²) >= 11 is 0. The molecule has 0 N–H and O–H groups in total. The average molecular weight is 308 g/mol. The Balaban J connectivity index is 1.44. The van der Waals surface area contributed by atoms with Gasteiger partial charge in [-0.2, -0.15) is 0 Å². The Bertz CT molecular complexity index is 803. The van der Waals surface area contributed by atoms with E-state index in [1.54, 1.807) is 0 Å². The number of aromatic nitrogens is 4. The minimum Gasteiger partial charge on any atom is -0.351 e. The van der Waals surface area contributed by atoms with Gasteiger partial charge in [0.15, 0.2) is 11.5 Å². The van der Waals surface area contributed by atoms with Crippen LogP contribution in [-0.4, -0.2) is 50.4 Å². The Labute approximate surface area is 135 Å². The molecule has 0 spiro atoms. The molecule has 1 aliphatic rings. The SMILES string of the molecule is Cc1cccc(CN2CCN(c3nccn4ccnc34)CC2)n1. The van der Waals surface area contributed by atoms with Crippen LogP contribution >= 0.6 is 0 Å². The summed E-state index contributed by atoms with van der Waals surface area (Å²) in [6.45, 7) is 6.91. The number of pyridine rings is 1. The standard InChI is InChI=1S/C17H20N6/c1-14-3-2-4-15(20-14)13-21-9-11-23(12-10-21)17-16-18-5-7-22(16)8-6-19-17/h2-8H,9-13H2,1H3. The smallest absolute Gasteiger partial charge is 0.180 e. The van der Waals surface area contributed by atoms with Gasteiger partial charge in [-0.25, -0.2) is 9.97 Å². The minimum atomic E-state index is 0.913. The number of rotatable bonds is 3. The maximum absolute atomic E-state index is 4.60. The van der Waals surface area contributed by atoms with Gasteiger partial charge >= 0.3 is 0 Å². The molecule has 3 aromatic rings. The van der Waals surface area contributed by atoms with E-state index < -0.39 is 0 Å². The van der Waals surface area contributed by atoms with Gasteiger partial charge < -0.3 is 9.30 Å². The Kier molecular flexibility index (Phi) is 3.67. The lowest BCUT2D eigenvalue weighted by Gasteiger charge is -2.35. The molecule has 118 valence electrons. The molecule has 0 bridgehead atoms. The molecular weight excluding hydrogens is 288 g/mol. The van der Waals surface area contributed by atoms with Crippen LogP contribution in [0.25, 0.3) is 5.65 Å². The number of fused-ring (bicyclic) bond motifs is 1. The van der Waals surface area contributed by atoms with Crippen LogP contribution < -0.4 is 4.90 Å². The molecule has 1 aliphatic heterocycles. The number of aryl methyl sites for hydroxylation is 1. The average Bonchev–Trinajstić information content (AvgIpc) is 3.04. The van der Waals surface area contributed by atoms with E-state index in [1.165, 1.54) is 0 Å². The number of hydrogen-bond donors (Lipinski definition) is 0. The van der Waals surface area contributed by atoms with Crippen LogP contribution in [0.15, 0.2) is 43.0 Å². The summed E-state index contributed by atoms with van der Waals surface area (Å²) in [5, 5.41) is 0. The van der Waals surface area contributed by atoms with Gasteiger partial charge in [-0.1, -0.05) is 6.07 Å². The summed E-state index contributed by atoms with van der Waals surface area (Å²) in [5.74, 6) is 0.978. The largest absolute Gasteiger partial charge is 0.351 e. The van der Waals surface area contributed by atoms with Crippen molar-refractivity contribution in [2.75, 3.05) is 31.1 Å². The first kappa shape index (κ1) is 14.1. The van der Waals surface area contributed by atoms with Gasteiger partial charge in [-0.05, 0) is 19.1 Å². The first-order valence-corrected chi connectivity index (χ1v) is 7.97. The molecule has 6 heteroatoms. The van der Waals surface area contributed by atoms with E-state index in [4.69, 9.17) is 0 Å². The molecule has 0 saturated carbocycles. The van der Waals surface area contributed by atoms with Crippen molar-refractivity contribution in [1.29, 1.82) is 0 Å². The van der Waals surface area contributed by atoms with Gasteiger partial charge in [0.1, 0.15) is 0 Å². The molecule has 1 saturated heterocycles. The molecule has 0 atom stereocenters. The van der Waals surface area contributed by atoms with Crippen molar-refractivity contribution in [1.82, 2.24) is 24.3 Å². The molecule has 1 fully saturated rings. The van der Waals surface area contributed by atoms with Crippen molar-refractivity contribution in [3.05, 3.63) is 54.4 Å². The first-order chi connectivity index (χ1) is 11.3. The second-order valence-corrected chi connectivity index (χ2v) is 5.94. The highest BCUT2D eigenvalue weighted by Gasteiger charge is 2.20. The molecule has 0 aromatic carbocycles. The summed E-state index contributed by atoms with van der Waals surface area (Å²) in [4.78, 5) is 18.3. The molecule has 6 nitrogen and oxygen atoms in total. The molecule has 0 amide bonds. The number of hydrogen-bond acceptors (Lipinski definition) is 5. The zero-order valence-corrected chi connectivity index (χ0v) is 13.3. The highest BCUT2D eigenvalue weighted by molar-refractivity contribution is 5.64. The fourth-order valence-corrected chi connectivity index (χ4v) is 3.10. The van der Waals surface area contributed by atoms with Gasteiger partial charge in [-0.15, -0.1) is 0 Å². The van der Waals surface area contributed by atoms with E-state index >= 15 is 0 Å². The monoisotopic (exact) mass is 308 g/mol. The second kappa shape index (κ2) is 5.96. The predicted molar refractivity (Wildman–Crippen MR) is 89.5 cm³/mol. The van der Waals surface area contributed by atoms with E-state index in [0.717, 1.165) is 55.6 Å². The zero-order chi connectivity index (χ0) is 15.6. The lowest BCUT2D eigenvalue weighted by molar-refractivity contribution is 0.246. The topological polar surface area (TPSA) is 49.6 Å². The maximum Gasteiger partial charge on any atom is 0.180 e. The van der Waals surface area contributed by atoms with E-state index in [2.05, 4.69) is 36.9 Å². The molecule has 0 unspecified atom stereocenters. The fourth-order valence-electron chi connectivity index (χ4n) is 3.10. The van der Waals surface area contributed by atoms with E-state index in [1.807, 2.05) is 42.2 Å². The summed E-state index contributed by atoms with van der Waals surface area (Å²) in [7, 11) is 0. The lowest BCUT2D eigenvalue weighted by atomic mass is 10.2. The minimum absolute atomic E-state index is 0.913. The van der Waals surface area contributed by atoms with Gasteiger partial charge in [0.2, 0.25) is 0 Å². The Morgan fingerprint density at radius 1 is 1.00 bits per heavy atom. The van der Waals surface area contributed by atoms with Crippen LogP contribution in [0.5, 0.6) is 0 Å². The van der Waals surface area contributed by atoms with E-state index in [-0.39, 0.29) is 0 Å². The third-order valence-electron chi connectivity index (χ3n) is 4.30. The number of anilines is 1.